The molecule has 0 amide bonds. The topological polar surface area (TPSA) is 38.7 Å². The maximum Gasteiger partial charge on any atom is 0.167 e. The number of carbonyl (C=O) groups is 1. The zero-order chi connectivity index (χ0) is 10.9. The Balaban J connectivity index is 1.97. The fraction of sp³-hybridized carbons (Fsp3) is 0.667. The second kappa shape index (κ2) is 7.35. The molecule has 1 aliphatic heterocycles. The summed E-state index contributed by atoms with van der Waals surface area (Å²) >= 11 is 0. The Morgan fingerprint density at radius 3 is 2.80 bits per heavy atom. The molecule has 1 aliphatic rings. The van der Waals surface area contributed by atoms with Gasteiger partial charge in [0.25, 0.3) is 0 Å². The summed E-state index contributed by atoms with van der Waals surface area (Å²) < 4.78 is 5.11. The lowest BCUT2D eigenvalue weighted by atomic mass is 10.00. The standard InChI is InChI=1S/C12H19NO2/c1-13-12(8-14)7-5-3-2-4-6-11-9-15-10-11/h5,7-8,11H,2-4,6,9-10H2,1H3/b7-5-,13-12?. The molecule has 1 saturated heterocycles. The molecule has 15 heavy (non-hydrogen) atoms. The quantitative estimate of drug-likeness (QED) is 0.365. The summed E-state index contributed by atoms with van der Waals surface area (Å²) in [4.78, 5) is 14.2. The van der Waals surface area contributed by atoms with Crippen LogP contribution in [-0.2, 0) is 9.53 Å². The second-order valence-corrected chi connectivity index (χ2v) is 3.86. The number of aldehydes is 1. The highest BCUT2D eigenvalue weighted by atomic mass is 16.5. The first-order chi connectivity index (χ1) is 7.36. The Morgan fingerprint density at radius 1 is 1.47 bits per heavy atom. The molecule has 0 unspecified atom stereocenters. The van der Waals surface area contributed by atoms with Crippen LogP contribution in [0.15, 0.2) is 17.1 Å². The van der Waals surface area contributed by atoms with Crippen LogP contribution >= 0.6 is 0 Å². The van der Waals surface area contributed by atoms with Gasteiger partial charge in [0.1, 0.15) is 0 Å². The summed E-state index contributed by atoms with van der Waals surface area (Å²) in [7, 11) is 1.63. The van der Waals surface area contributed by atoms with Crippen LogP contribution in [0.5, 0.6) is 0 Å². The van der Waals surface area contributed by atoms with E-state index in [9.17, 15) is 4.79 Å². The Morgan fingerprint density at radius 2 is 2.27 bits per heavy atom. The number of nitrogens with zero attached hydrogens (tertiary/aromatic N) is 1. The molecule has 1 fully saturated rings. The van der Waals surface area contributed by atoms with Crippen molar-refractivity contribution in [2.45, 2.75) is 25.7 Å². The number of aliphatic imine (C=N–C) groups is 1. The van der Waals surface area contributed by atoms with Crippen LogP contribution in [0.2, 0.25) is 0 Å². The fourth-order valence-corrected chi connectivity index (χ4v) is 1.52. The molecule has 0 aliphatic carbocycles. The van der Waals surface area contributed by atoms with E-state index in [1.165, 1.54) is 19.3 Å². The predicted molar refractivity (Wildman–Crippen MR) is 61.3 cm³/mol. The molecular weight excluding hydrogens is 190 g/mol. The van der Waals surface area contributed by atoms with Crippen molar-refractivity contribution in [3.05, 3.63) is 12.2 Å². The van der Waals surface area contributed by atoms with Gasteiger partial charge in [0, 0.05) is 13.0 Å². The maximum atomic E-state index is 10.4. The van der Waals surface area contributed by atoms with Gasteiger partial charge >= 0.3 is 0 Å². The first-order valence-corrected chi connectivity index (χ1v) is 5.53. The molecule has 0 aromatic heterocycles. The molecule has 1 heterocycles. The molecule has 3 heteroatoms. The number of hydrogen-bond donors (Lipinski definition) is 0. The van der Waals surface area contributed by atoms with E-state index >= 15 is 0 Å². The zero-order valence-corrected chi connectivity index (χ0v) is 9.32. The van der Waals surface area contributed by atoms with Crippen molar-refractivity contribution in [1.82, 2.24) is 0 Å². The monoisotopic (exact) mass is 209 g/mol. The van der Waals surface area contributed by atoms with Gasteiger partial charge in [-0.15, -0.1) is 0 Å². The minimum atomic E-state index is 0.516. The Hall–Kier alpha value is -0.960. The van der Waals surface area contributed by atoms with Gasteiger partial charge < -0.3 is 4.74 Å². The number of unbranched alkanes of at least 4 members (excludes halogenated alkanes) is 2. The van der Waals surface area contributed by atoms with E-state index in [1.807, 2.05) is 6.08 Å². The van der Waals surface area contributed by atoms with Gasteiger partial charge in [-0.3, -0.25) is 9.79 Å². The Bertz CT molecular complexity index is 242. The molecule has 0 atom stereocenters. The van der Waals surface area contributed by atoms with Crippen LogP contribution in [0.1, 0.15) is 25.7 Å². The SMILES string of the molecule is CN=C(C=O)/C=C\CCCCC1COC1. The number of allylic oxidation sites excluding steroid dienone is 2. The summed E-state index contributed by atoms with van der Waals surface area (Å²) in [5, 5.41) is 0. The van der Waals surface area contributed by atoms with Crippen molar-refractivity contribution in [1.29, 1.82) is 0 Å². The van der Waals surface area contributed by atoms with E-state index in [4.69, 9.17) is 4.74 Å². The molecule has 3 nitrogen and oxygen atoms in total. The van der Waals surface area contributed by atoms with E-state index in [0.29, 0.717) is 5.71 Å². The van der Waals surface area contributed by atoms with Crippen LogP contribution < -0.4 is 0 Å². The smallest absolute Gasteiger partial charge is 0.167 e. The van der Waals surface area contributed by atoms with E-state index in [1.54, 1.807) is 13.1 Å². The number of rotatable bonds is 7. The molecule has 0 spiro atoms. The number of carbonyl (C=O) groups excluding carboxylic acids is 1. The predicted octanol–water partition coefficient (Wildman–Crippen LogP) is 2.02. The van der Waals surface area contributed by atoms with Crippen LogP contribution in [-0.4, -0.2) is 32.3 Å². The van der Waals surface area contributed by atoms with Crippen LogP contribution in [0.4, 0.5) is 0 Å². The van der Waals surface area contributed by atoms with Crippen molar-refractivity contribution < 1.29 is 9.53 Å². The first-order valence-electron chi connectivity index (χ1n) is 5.53. The molecule has 0 aromatic rings. The largest absolute Gasteiger partial charge is 0.381 e. The zero-order valence-electron chi connectivity index (χ0n) is 9.32. The summed E-state index contributed by atoms with van der Waals surface area (Å²) in [5.74, 6) is 0.803. The van der Waals surface area contributed by atoms with Gasteiger partial charge in [-0.25, -0.2) is 0 Å². The van der Waals surface area contributed by atoms with Gasteiger partial charge in [-0.1, -0.05) is 12.5 Å². The third kappa shape index (κ3) is 4.88. The summed E-state index contributed by atoms with van der Waals surface area (Å²) in [5.41, 5.74) is 0.516. The summed E-state index contributed by atoms with van der Waals surface area (Å²) in [6.07, 6.45) is 9.33. The highest BCUT2D eigenvalue weighted by Gasteiger charge is 2.16. The maximum absolute atomic E-state index is 10.4. The molecule has 1 rings (SSSR count). The van der Waals surface area contributed by atoms with E-state index in [-0.39, 0.29) is 0 Å². The highest BCUT2D eigenvalue weighted by Crippen LogP contribution is 2.17. The van der Waals surface area contributed by atoms with Gasteiger partial charge in [0.05, 0.1) is 18.9 Å². The molecule has 84 valence electrons. The van der Waals surface area contributed by atoms with Crippen molar-refractivity contribution in [2.24, 2.45) is 10.9 Å². The molecule has 0 saturated carbocycles. The molecular formula is C12H19NO2. The molecule has 0 aromatic carbocycles. The number of ether oxygens (including phenoxy) is 1. The lowest BCUT2D eigenvalue weighted by Crippen LogP contribution is -2.27. The third-order valence-corrected chi connectivity index (χ3v) is 2.61. The fourth-order valence-electron chi connectivity index (χ4n) is 1.52. The van der Waals surface area contributed by atoms with Crippen molar-refractivity contribution >= 4 is 12.0 Å². The van der Waals surface area contributed by atoms with E-state index in [2.05, 4.69) is 4.99 Å². The average Bonchev–Trinajstić information content (AvgIpc) is 2.20. The summed E-state index contributed by atoms with van der Waals surface area (Å²) in [6.45, 7) is 1.90. The highest BCUT2D eigenvalue weighted by molar-refractivity contribution is 6.33. The van der Waals surface area contributed by atoms with Crippen LogP contribution in [0.25, 0.3) is 0 Å². The van der Waals surface area contributed by atoms with Crippen LogP contribution in [0, 0.1) is 5.92 Å². The minimum absolute atomic E-state index is 0.516. The van der Waals surface area contributed by atoms with Crippen molar-refractivity contribution in [3.8, 4) is 0 Å². The second-order valence-electron chi connectivity index (χ2n) is 3.86. The van der Waals surface area contributed by atoms with Gasteiger partial charge in [0.2, 0.25) is 0 Å². The lowest BCUT2D eigenvalue weighted by molar-refractivity contribution is -0.102. The van der Waals surface area contributed by atoms with E-state index in [0.717, 1.165) is 31.8 Å². The lowest BCUT2D eigenvalue weighted by Gasteiger charge is -2.25. The van der Waals surface area contributed by atoms with Crippen molar-refractivity contribution in [3.63, 3.8) is 0 Å². The number of hydrogen-bond acceptors (Lipinski definition) is 3. The van der Waals surface area contributed by atoms with Gasteiger partial charge in [0.15, 0.2) is 6.29 Å². The first kappa shape index (κ1) is 12.1. The van der Waals surface area contributed by atoms with Gasteiger partial charge in [-0.05, 0) is 25.3 Å². The minimum Gasteiger partial charge on any atom is -0.381 e. The van der Waals surface area contributed by atoms with E-state index < -0.39 is 0 Å². The molecule has 0 N–H and O–H groups in total. The Labute approximate surface area is 91.2 Å². The molecule has 0 radical (unpaired) electrons. The molecule has 0 bridgehead atoms. The summed E-state index contributed by atoms with van der Waals surface area (Å²) in [6, 6.07) is 0. The normalized spacial score (nSPS) is 18.1. The third-order valence-electron chi connectivity index (χ3n) is 2.61. The Kier molecular flexibility index (Phi) is 5.93. The van der Waals surface area contributed by atoms with Gasteiger partial charge in [-0.2, -0.15) is 0 Å². The average molecular weight is 209 g/mol. The van der Waals surface area contributed by atoms with Crippen LogP contribution in [0.3, 0.4) is 0 Å². The van der Waals surface area contributed by atoms with Crippen molar-refractivity contribution in [2.75, 3.05) is 20.3 Å².